The zero-order valence-corrected chi connectivity index (χ0v) is 14.0. The lowest BCUT2D eigenvalue weighted by Gasteiger charge is -2.40. The average molecular weight is 299 g/mol. The fraction of sp³-hybridized carbons (Fsp3) is 0.824. The predicted molar refractivity (Wildman–Crippen MR) is 84.6 cm³/mol. The Balaban J connectivity index is 4.64. The lowest BCUT2D eigenvalue weighted by atomic mass is 10.1. The van der Waals surface area contributed by atoms with Crippen molar-refractivity contribution in [3.63, 3.8) is 0 Å². The van der Waals surface area contributed by atoms with E-state index in [2.05, 4.69) is 26.8 Å². The van der Waals surface area contributed by atoms with Gasteiger partial charge in [-0.05, 0) is 25.7 Å². The van der Waals surface area contributed by atoms with E-state index in [4.69, 9.17) is 0 Å². The molecule has 0 rings (SSSR count). The molecule has 124 valence electrons. The first kappa shape index (κ1) is 20.1. The molecule has 1 unspecified atom stereocenters. The Morgan fingerprint density at radius 2 is 1.71 bits per heavy atom. The number of aliphatic carboxylic acids is 1. The van der Waals surface area contributed by atoms with Crippen LogP contribution in [0.25, 0.3) is 0 Å². The minimum Gasteiger partial charge on any atom is -0.550 e. The molecule has 0 bridgehead atoms. The molecule has 0 fully saturated rings. The zero-order chi connectivity index (χ0) is 16.1. The quantitative estimate of drug-likeness (QED) is 0.417. The highest BCUT2D eigenvalue weighted by Gasteiger charge is 2.28. The highest BCUT2D eigenvalue weighted by molar-refractivity contribution is 5.64. The van der Waals surface area contributed by atoms with Crippen molar-refractivity contribution in [3.8, 4) is 0 Å². The number of rotatable bonds is 13. The number of hydrogen-bond acceptors (Lipinski definition) is 3. The summed E-state index contributed by atoms with van der Waals surface area (Å²) in [5.41, 5.74) is 0. The summed E-state index contributed by atoms with van der Waals surface area (Å²) < 4.78 is 0.684. The standard InChI is InChI=1S/C17H33NO3/c1-4-7-8-9-10-16(19)15-18(12-5-2,13-6-3)14-11-17(20)21/h8-9,16,19H,4-7,10-15H2,1-3H3/b9-8+. The Labute approximate surface area is 130 Å². The van der Waals surface area contributed by atoms with Gasteiger partial charge in [0.25, 0.3) is 0 Å². The van der Waals surface area contributed by atoms with Crippen molar-refractivity contribution in [2.24, 2.45) is 0 Å². The smallest absolute Gasteiger partial charge is 0.106 e. The van der Waals surface area contributed by atoms with Crippen molar-refractivity contribution in [1.29, 1.82) is 0 Å². The number of quaternary nitrogens is 1. The van der Waals surface area contributed by atoms with E-state index in [1.165, 1.54) is 0 Å². The molecule has 0 aromatic carbocycles. The van der Waals surface area contributed by atoms with Crippen molar-refractivity contribution in [2.75, 3.05) is 26.2 Å². The summed E-state index contributed by atoms with van der Waals surface area (Å²) in [5.74, 6) is -0.998. The molecule has 1 N–H and O–H groups in total. The summed E-state index contributed by atoms with van der Waals surface area (Å²) in [5, 5.41) is 21.1. The van der Waals surface area contributed by atoms with Crippen LogP contribution in [-0.2, 0) is 4.79 Å². The molecular formula is C17H33NO3. The second-order valence-electron chi connectivity index (χ2n) is 5.97. The summed E-state index contributed by atoms with van der Waals surface area (Å²) in [7, 11) is 0. The first-order valence-electron chi connectivity index (χ1n) is 8.37. The van der Waals surface area contributed by atoms with E-state index in [1.807, 2.05) is 6.08 Å². The largest absolute Gasteiger partial charge is 0.550 e. The Morgan fingerprint density at radius 1 is 1.10 bits per heavy atom. The fourth-order valence-electron chi connectivity index (χ4n) is 2.95. The SMILES string of the molecule is CCC/C=C/CC(O)C[N+](CCC)(CCC)CCC(=O)[O-]. The van der Waals surface area contributed by atoms with Gasteiger partial charge < -0.3 is 19.5 Å². The van der Waals surface area contributed by atoms with Crippen molar-refractivity contribution < 1.29 is 19.5 Å². The van der Waals surface area contributed by atoms with Crippen LogP contribution in [0.5, 0.6) is 0 Å². The first-order chi connectivity index (χ1) is 9.99. The monoisotopic (exact) mass is 299 g/mol. The number of carbonyl (C=O) groups is 1. The maximum absolute atomic E-state index is 10.8. The Morgan fingerprint density at radius 3 is 2.19 bits per heavy atom. The minimum atomic E-state index is -0.998. The number of hydrogen-bond donors (Lipinski definition) is 1. The molecule has 4 nitrogen and oxygen atoms in total. The van der Waals surface area contributed by atoms with Crippen molar-refractivity contribution >= 4 is 5.97 Å². The van der Waals surface area contributed by atoms with Crippen LogP contribution in [-0.4, -0.2) is 47.8 Å². The molecule has 0 saturated heterocycles. The number of carboxylic acids is 1. The lowest BCUT2D eigenvalue weighted by molar-refractivity contribution is -0.930. The lowest BCUT2D eigenvalue weighted by Crippen LogP contribution is -2.54. The van der Waals surface area contributed by atoms with Crippen LogP contribution < -0.4 is 5.11 Å². The van der Waals surface area contributed by atoms with Crippen molar-refractivity contribution in [3.05, 3.63) is 12.2 Å². The number of aliphatic hydroxyl groups excluding tert-OH is 1. The maximum atomic E-state index is 10.8. The van der Waals surface area contributed by atoms with Gasteiger partial charge in [0, 0.05) is 12.4 Å². The normalized spacial score (nSPS) is 13.7. The highest BCUT2D eigenvalue weighted by atomic mass is 16.4. The zero-order valence-electron chi connectivity index (χ0n) is 14.0. The summed E-state index contributed by atoms with van der Waals surface area (Å²) in [6, 6.07) is 0. The summed E-state index contributed by atoms with van der Waals surface area (Å²) in [4.78, 5) is 10.8. The molecule has 0 radical (unpaired) electrons. The average Bonchev–Trinajstić information content (AvgIpc) is 2.42. The van der Waals surface area contributed by atoms with Crippen molar-refractivity contribution in [2.45, 2.75) is 65.4 Å². The maximum Gasteiger partial charge on any atom is 0.106 e. The van der Waals surface area contributed by atoms with Gasteiger partial charge in [0.15, 0.2) is 0 Å². The van der Waals surface area contributed by atoms with Gasteiger partial charge in [0.1, 0.15) is 12.6 Å². The van der Waals surface area contributed by atoms with E-state index in [0.717, 1.165) is 38.8 Å². The number of carboxylic acid groups (broad SMARTS) is 1. The molecule has 1 atom stereocenters. The summed E-state index contributed by atoms with van der Waals surface area (Å²) in [6.45, 7) is 9.36. The number of unbranched alkanes of at least 4 members (excludes halogenated alkanes) is 1. The molecule has 0 aromatic rings. The molecule has 4 heteroatoms. The summed E-state index contributed by atoms with van der Waals surface area (Å²) in [6.07, 6.45) is 8.61. The molecular weight excluding hydrogens is 266 g/mol. The Hall–Kier alpha value is -0.870. The second kappa shape index (κ2) is 11.8. The fourth-order valence-corrected chi connectivity index (χ4v) is 2.95. The van der Waals surface area contributed by atoms with Crippen LogP contribution >= 0.6 is 0 Å². The van der Waals surface area contributed by atoms with E-state index in [9.17, 15) is 15.0 Å². The third-order valence-corrected chi connectivity index (χ3v) is 3.81. The van der Waals surface area contributed by atoms with Gasteiger partial charge in [-0.25, -0.2) is 0 Å². The predicted octanol–water partition coefficient (Wildman–Crippen LogP) is 1.87. The van der Waals surface area contributed by atoms with Gasteiger partial charge in [0.2, 0.25) is 0 Å². The molecule has 0 spiro atoms. The van der Waals surface area contributed by atoms with Crippen LogP contribution in [0, 0.1) is 0 Å². The number of nitrogens with zero attached hydrogens (tertiary/aromatic N) is 1. The van der Waals surface area contributed by atoms with Crippen LogP contribution in [0.1, 0.15) is 59.3 Å². The van der Waals surface area contributed by atoms with E-state index >= 15 is 0 Å². The molecule has 0 aliphatic carbocycles. The molecule has 0 heterocycles. The van der Waals surface area contributed by atoms with Gasteiger partial charge in [-0.1, -0.05) is 39.3 Å². The Bertz CT molecular complexity index is 296. The van der Waals surface area contributed by atoms with E-state index in [-0.39, 0.29) is 6.42 Å². The van der Waals surface area contributed by atoms with E-state index in [1.54, 1.807) is 0 Å². The highest BCUT2D eigenvalue weighted by Crippen LogP contribution is 2.15. The third kappa shape index (κ3) is 9.64. The second-order valence-corrected chi connectivity index (χ2v) is 5.97. The number of allylic oxidation sites excluding steroid dienone is 1. The third-order valence-electron chi connectivity index (χ3n) is 3.81. The number of aliphatic hydroxyl groups is 1. The van der Waals surface area contributed by atoms with Crippen LogP contribution in [0.3, 0.4) is 0 Å². The van der Waals surface area contributed by atoms with Gasteiger partial charge in [-0.15, -0.1) is 0 Å². The van der Waals surface area contributed by atoms with Gasteiger partial charge in [-0.3, -0.25) is 0 Å². The van der Waals surface area contributed by atoms with Gasteiger partial charge in [-0.2, -0.15) is 0 Å². The molecule has 0 aromatic heterocycles. The first-order valence-corrected chi connectivity index (χ1v) is 8.37. The number of carbonyl (C=O) groups excluding carboxylic acids is 1. The van der Waals surface area contributed by atoms with Gasteiger partial charge >= 0.3 is 0 Å². The van der Waals surface area contributed by atoms with Crippen LogP contribution in [0.4, 0.5) is 0 Å². The minimum absolute atomic E-state index is 0.0679. The molecule has 21 heavy (non-hydrogen) atoms. The summed E-state index contributed by atoms with van der Waals surface area (Å²) >= 11 is 0. The molecule has 0 amide bonds. The molecule has 0 aliphatic heterocycles. The molecule has 0 aliphatic rings. The topological polar surface area (TPSA) is 60.4 Å². The molecule has 0 saturated carbocycles. The Kier molecular flexibility index (Phi) is 11.3. The van der Waals surface area contributed by atoms with Gasteiger partial charge in [0.05, 0.1) is 19.6 Å². The van der Waals surface area contributed by atoms with Crippen LogP contribution in [0.15, 0.2) is 12.2 Å². The van der Waals surface area contributed by atoms with Crippen molar-refractivity contribution in [1.82, 2.24) is 0 Å². The van der Waals surface area contributed by atoms with E-state index in [0.29, 0.717) is 24.0 Å². The van der Waals surface area contributed by atoms with E-state index < -0.39 is 12.1 Å². The van der Waals surface area contributed by atoms with Crippen LogP contribution in [0.2, 0.25) is 0 Å².